The highest BCUT2D eigenvalue weighted by molar-refractivity contribution is 7.14. The van der Waals surface area contributed by atoms with Gasteiger partial charge in [-0.05, 0) is 43.2 Å². The third-order valence-electron chi connectivity index (χ3n) is 3.10. The number of hydrogen-bond acceptors (Lipinski definition) is 3. The molecule has 1 amide bonds. The lowest BCUT2D eigenvalue weighted by Crippen LogP contribution is -2.25. The number of benzene rings is 1. The van der Waals surface area contributed by atoms with Crippen LogP contribution in [0.15, 0.2) is 30.3 Å². The lowest BCUT2D eigenvalue weighted by Gasteiger charge is -2.16. The Balaban J connectivity index is 2.28. The molecule has 0 atom stereocenters. The summed E-state index contributed by atoms with van der Waals surface area (Å²) in [5, 5.41) is 8.75. The van der Waals surface area contributed by atoms with Gasteiger partial charge in [-0.3, -0.25) is 4.79 Å². The maximum Gasteiger partial charge on any atom is 0.268 e. The van der Waals surface area contributed by atoms with E-state index in [0.29, 0.717) is 4.88 Å². The van der Waals surface area contributed by atoms with Gasteiger partial charge in [-0.25, -0.2) is 0 Å². The standard InChI is InChI=1S/C17H17NO2S/c1-12-6-4-7-14(10-12)18(3)17(20)16-11-13(2)15(21-16)8-5-9-19/h4,6-7,10-11,19H,9H2,1-3H3. The van der Waals surface area contributed by atoms with Crippen LogP contribution in [0.3, 0.4) is 0 Å². The molecule has 0 aliphatic heterocycles. The molecule has 108 valence electrons. The first-order chi connectivity index (χ1) is 10.0. The monoisotopic (exact) mass is 299 g/mol. The fraction of sp³-hybridized carbons (Fsp3) is 0.235. The minimum atomic E-state index is -0.177. The van der Waals surface area contributed by atoms with Crippen molar-refractivity contribution in [2.45, 2.75) is 13.8 Å². The molecule has 0 aliphatic rings. The van der Waals surface area contributed by atoms with Crippen molar-refractivity contribution in [1.29, 1.82) is 0 Å². The molecule has 0 radical (unpaired) electrons. The first-order valence-corrected chi connectivity index (χ1v) is 7.39. The first-order valence-electron chi connectivity index (χ1n) is 6.58. The lowest BCUT2D eigenvalue weighted by atomic mass is 10.2. The fourth-order valence-electron chi connectivity index (χ4n) is 1.95. The number of aliphatic hydroxyl groups excluding tert-OH is 1. The zero-order valence-electron chi connectivity index (χ0n) is 12.3. The van der Waals surface area contributed by atoms with E-state index in [9.17, 15) is 4.79 Å². The number of carbonyl (C=O) groups excluding carboxylic acids is 1. The molecule has 0 fully saturated rings. The van der Waals surface area contributed by atoms with Gasteiger partial charge >= 0.3 is 0 Å². The highest BCUT2D eigenvalue weighted by Crippen LogP contribution is 2.24. The van der Waals surface area contributed by atoms with Crippen molar-refractivity contribution in [3.8, 4) is 11.8 Å². The smallest absolute Gasteiger partial charge is 0.268 e. The molecule has 3 nitrogen and oxygen atoms in total. The molecular formula is C17H17NO2S. The number of aliphatic hydroxyl groups is 1. The van der Waals surface area contributed by atoms with Gasteiger partial charge in [-0.2, -0.15) is 0 Å². The van der Waals surface area contributed by atoms with E-state index in [1.165, 1.54) is 11.3 Å². The van der Waals surface area contributed by atoms with Crippen molar-refractivity contribution in [2.24, 2.45) is 0 Å². The Morgan fingerprint density at radius 2 is 2.10 bits per heavy atom. The van der Waals surface area contributed by atoms with Crippen LogP contribution in [-0.4, -0.2) is 24.7 Å². The summed E-state index contributed by atoms with van der Waals surface area (Å²) < 4.78 is 0. The molecule has 0 bridgehead atoms. The second-order valence-electron chi connectivity index (χ2n) is 4.79. The normalized spacial score (nSPS) is 9.90. The largest absolute Gasteiger partial charge is 0.384 e. The van der Waals surface area contributed by atoms with Crippen LogP contribution in [0.5, 0.6) is 0 Å². The number of carbonyl (C=O) groups is 1. The Morgan fingerprint density at radius 3 is 2.76 bits per heavy atom. The third kappa shape index (κ3) is 3.52. The summed E-state index contributed by atoms with van der Waals surface area (Å²) in [4.78, 5) is 15.7. The molecule has 0 saturated carbocycles. The Kier molecular flexibility index (Phi) is 4.79. The Hall–Kier alpha value is -2.09. The number of rotatable bonds is 2. The van der Waals surface area contributed by atoms with E-state index in [1.54, 1.807) is 11.9 Å². The number of anilines is 1. The van der Waals surface area contributed by atoms with Gasteiger partial charge in [-0.1, -0.05) is 24.0 Å². The third-order valence-corrected chi connectivity index (χ3v) is 4.24. The molecule has 1 aromatic heterocycles. The molecule has 1 aromatic carbocycles. The molecular weight excluding hydrogens is 282 g/mol. The quantitative estimate of drug-likeness (QED) is 0.866. The molecule has 0 saturated heterocycles. The summed E-state index contributed by atoms with van der Waals surface area (Å²) in [6.07, 6.45) is 0. The van der Waals surface area contributed by atoms with E-state index in [1.807, 2.05) is 44.2 Å². The van der Waals surface area contributed by atoms with Crippen LogP contribution < -0.4 is 4.90 Å². The second-order valence-corrected chi connectivity index (χ2v) is 5.84. The molecule has 1 N–H and O–H groups in total. The van der Waals surface area contributed by atoms with Gasteiger partial charge in [0.1, 0.15) is 6.61 Å². The van der Waals surface area contributed by atoms with Crippen molar-refractivity contribution in [3.05, 3.63) is 51.2 Å². The average Bonchev–Trinajstić information content (AvgIpc) is 2.84. The molecule has 0 unspecified atom stereocenters. The van der Waals surface area contributed by atoms with Gasteiger partial charge in [-0.15, -0.1) is 11.3 Å². The van der Waals surface area contributed by atoms with E-state index >= 15 is 0 Å². The van der Waals surface area contributed by atoms with Crippen LogP contribution in [-0.2, 0) is 0 Å². The summed E-state index contributed by atoms with van der Waals surface area (Å²) >= 11 is 1.36. The summed E-state index contributed by atoms with van der Waals surface area (Å²) in [6.45, 7) is 3.74. The summed E-state index contributed by atoms with van der Waals surface area (Å²) in [7, 11) is 1.77. The Labute approximate surface area is 128 Å². The molecule has 0 spiro atoms. The summed E-state index contributed by atoms with van der Waals surface area (Å²) in [6, 6.07) is 9.68. The molecule has 2 aromatic rings. The predicted molar refractivity (Wildman–Crippen MR) is 86.9 cm³/mol. The highest BCUT2D eigenvalue weighted by atomic mass is 32.1. The maximum absolute atomic E-state index is 12.5. The SMILES string of the molecule is Cc1cccc(N(C)C(=O)c2cc(C)c(C#CCO)s2)c1. The minimum absolute atomic E-state index is 0.0502. The number of thiophene rings is 1. The van der Waals surface area contributed by atoms with Crippen LogP contribution in [0.2, 0.25) is 0 Å². The molecule has 0 aliphatic carbocycles. The van der Waals surface area contributed by atoms with Crippen LogP contribution in [0, 0.1) is 25.7 Å². The topological polar surface area (TPSA) is 40.5 Å². The number of nitrogens with zero attached hydrogens (tertiary/aromatic N) is 1. The average molecular weight is 299 g/mol. The molecule has 1 heterocycles. The molecule has 21 heavy (non-hydrogen) atoms. The van der Waals surface area contributed by atoms with E-state index in [0.717, 1.165) is 21.7 Å². The second kappa shape index (κ2) is 6.57. The van der Waals surface area contributed by atoms with Crippen LogP contribution in [0.25, 0.3) is 0 Å². The fourth-order valence-corrected chi connectivity index (χ4v) is 2.97. The Morgan fingerprint density at radius 1 is 1.33 bits per heavy atom. The van der Waals surface area contributed by atoms with Crippen molar-refractivity contribution in [3.63, 3.8) is 0 Å². The van der Waals surface area contributed by atoms with E-state index in [-0.39, 0.29) is 12.5 Å². The van der Waals surface area contributed by atoms with Crippen molar-refractivity contribution < 1.29 is 9.90 Å². The maximum atomic E-state index is 12.5. The van der Waals surface area contributed by atoms with Crippen molar-refractivity contribution in [2.75, 3.05) is 18.6 Å². The number of aryl methyl sites for hydroxylation is 2. The molecule has 4 heteroatoms. The Bertz CT molecular complexity index is 722. The van der Waals surface area contributed by atoms with Crippen molar-refractivity contribution in [1.82, 2.24) is 0 Å². The van der Waals surface area contributed by atoms with Gasteiger partial charge < -0.3 is 10.0 Å². The van der Waals surface area contributed by atoms with E-state index in [2.05, 4.69) is 11.8 Å². The summed E-state index contributed by atoms with van der Waals surface area (Å²) in [5.74, 6) is 5.44. The molecule has 2 rings (SSSR count). The highest BCUT2D eigenvalue weighted by Gasteiger charge is 2.17. The van der Waals surface area contributed by atoms with Gasteiger partial charge in [0, 0.05) is 12.7 Å². The number of amides is 1. The first kappa shape index (κ1) is 15.3. The van der Waals surface area contributed by atoms with Gasteiger partial charge in [0.2, 0.25) is 0 Å². The summed E-state index contributed by atoms with van der Waals surface area (Å²) in [5.41, 5.74) is 2.94. The van der Waals surface area contributed by atoms with Gasteiger partial charge in [0.25, 0.3) is 5.91 Å². The van der Waals surface area contributed by atoms with Crippen LogP contribution in [0.1, 0.15) is 25.7 Å². The van der Waals surface area contributed by atoms with Crippen LogP contribution in [0.4, 0.5) is 5.69 Å². The zero-order chi connectivity index (χ0) is 15.4. The van der Waals surface area contributed by atoms with Gasteiger partial charge in [0.05, 0.1) is 9.75 Å². The number of hydrogen-bond donors (Lipinski definition) is 1. The van der Waals surface area contributed by atoms with E-state index < -0.39 is 0 Å². The van der Waals surface area contributed by atoms with E-state index in [4.69, 9.17) is 5.11 Å². The zero-order valence-corrected chi connectivity index (χ0v) is 13.1. The van der Waals surface area contributed by atoms with Gasteiger partial charge in [0.15, 0.2) is 0 Å². The predicted octanol–water partition coefficient (Wildman–Crippen LogP) is 2.99. The minimum Gasteiger partial charge on any atom is -0.384 e. The van der Waals surface area contributed by atoms with Crippen molar-refractivity contribution >= 4 is 22.9 Å². The lowest BCUT2D eigenvalue weighted by molar-refractivity contribution is 0.0997. The van der Waals surface area contributed by atoms with Crippen LogP contribution >= 0.6 is 11.3 Å².